The van der Waals surface area contributed by atoms with E-state index in [1.165, 1.54) is 70.4 Å². The van der Waals surface area contributed by atoms with Crippen LogP contribution in [0.1, 0.15) is 103 Å². The Hall–Kier alpha value is -2.56. The van der Waals surface area contributed by atoms with E-state index in [-0.39, 0.29) is 12.6 Å². The number of aliphatic hydroxyl groups is 2. The number of unbranched alkanes of at least 4 members (excludes halogenated alkanes) is 11. The van der Waals surface area contributed by atoms with Gasteiger partial charge < -0.3 is 24.6 Å². The summed E-state index contributed by atoms with van der Waals surface area (Å²) in [5.41, 5.74) is 1.05. The molecule has 10 heteroatoms. The van der Waals surface area contributed by atoms with E-state index in [0.717, 1.165) is 25.7 Å². The first-order valence-electron chi connectivity index (χ1n) is 15.1. The first-order chi connectivity index (χ1) is 19.4. The molecule has 224 valence electrons. The van der Waals surface area contributed by atoms with Gasteiger partial charge in [0.2, 0.25) is 0 Å². The van der Waals surface area contributed by atoms with E-state index in [9.17, 15) is 15.0 Å². The van der Waals surface area contributed by atoms with Crippen LogP contribution in [0.2, 0.25) is 0 Å². The number of fused-ring (bicyclic) bond motifs is 1. The van der Waals surface area contributed by atoms with Crippen LogP contribution in [0.3, 0.4) is 0 Å². The first-order valence-corrected chi connectivity index (χ1v) is 15.1. The van der Waals surface area contributed by atoms with Crippen LogP contribution >= 0.6 is 0 Å². The number of allylic oxidation sites excluding steroid dienone is 2. The summed E-state index contributed by atoms with van der Waals surface area (Å²) in [4.78, 5) is 26.9. The number of esters is 1. The fraction of sp³-hybridized carbons (Fsp3) is 0.733. The second-order valence-corrected chi connectivity index (χ2v) is 11.0. The maximum absolute atomic E-state index is 12.2. The number of carbonyl (C=O) groups is 1. The first kappa shape index (κ1) is 32.0. The van der Waals surface area contributed by atoms with Crippen molar-refractivity contribution in [2.45, 2.75) is 121 Å². The molecule has 0 spiro atoms. The third-order valence-electron chi connectivity index (χ3n) is 7.43. The lowest BCUT2D eigenvalue weighted by molar-refractivity contribution is -0.150. The Morgan fingerprint density at radius 3 is 2.27 bits per heavy atom. The average Bonchev–Trinajstić information content (AvgIpc) is 3.50. The van der Waals surface area contributed by atoms with E-state index >= 15 is 0 Å². The van der Waals surface area contributed by atoms with Gasteiger partial charge >= 0.3 is 5.97 Å². The minimum Gasteiger partial charge on any atom is -0.463 e. The second-order valence-electron chi connectivity index (χ2n) is 11.0. The summed E-state index contributed by atoms with van der Waals surface area (Å²) in [7, 11) is 3.71. The minimum atomic E-state index is -1.22. The summed E-state index contributed by atoms with van der Waals surface area (Å²) >= 11 is 0. The number of imidazole rings is 1. The molecule has 0 unspecified atom stereocenters. The van der Waals surface area contributed by atoms with Gasteiger partial charge in [0, 0.05) is 20.5 Å². The molecule has 1 aliphatic rings. The van der Waals surface area contributed by atoms with Gasteiger partial charge in [-0.3, -0.25) is 9.36 Å². The van der Waals surface area contributed by atoms with Gasteiger partial charge in [-0.15, -0.1) is 0 Å². The SMILES string of the molecule is CCCCCCCC/C=C\CCCCCCCC(=O)OC[C@H]1O[C@@H](n2cnc3c(N(C)C)ncnc32)[C@H](O)[C@@H]1O. The fourth-order valence-corrected chi connectivity index (χ4v) is 5.04. The normalized spacial score (nSPS) is 21.0. The second kappa shape index (κ2) is 17.3. The lowest BCUT2D eigenvalue weighted by Gasteiger charge is -2.17. The smallest absolute Gasteiger partial charge is 0.305 e. The molecule has 1 aliphatic heterocycles. The highest BCUT2D eigenvalue weighted by Gasteiger charge is 2.45. The topological polar surface area (TPSA) is 123 Å². The van der Waals surface area contributed by atoms with E-state index in [0.29, 0.717) is 23.4 Å². The van der Waals surface area contributed by atoms with Gasteiger partial charge in [-0.1, -0.05) is 70.4 Å². The maximum Gasteiger partial charge on any atom is 0.305 e. The Morgan fingerprint density at radius 2 is 1.60 bits per heavy atom. The lowest BCUT2D eigenvalue weighted by atomic mass is 10.1. The molecule has 2 N–H and O–H groups in total. The van der Waals surface area contributed by atoms with Crippen LogP contribution in [0.15, 0.2) is 24.8 Å². The van der Waals surface area contributed by atoms with Crippen molar-refractivity contribution in [1.82, 2.24) is 19.5 Å². The Bertz CT molecular complexity index is 1040. The number of hydrogen-bond donors (Lipinski definition) is 2. The summed E-state index contributed by atoms with van der Waals surface area (Å²) in [5.74, 6) is 0.320. The number of nitrogens with zero attached hydrogens (tertiary/aromatic N) is 5. The average molecular weight is 560 g/mol. The van der Waals surface area contributed by atoms with Gasteiger partial charge in [0.05, 0.1) is 6.33 Å². The zero-order valence-corrected chi connectivity index (χ0v) is 24.6. The van der Waals surface area contributed by atoms with Crippen molar-refractivity contribution < 1.29 is 24.5 Å². The predicted octanol–water partition coefficient (Wildman–Crippen LogP) is 5.09. The van der Waals surface area contributed by atoms with Crippen molar-refractivity contribution in [2.24, 2.45) is 0 Å². The molecule has 0 bridgehead atoms. The molecule has 0 aliphatic carbocycles. The largest absolute Gasteiger partial charge is 0.463 e. The Kier molecular flexibility index (Phi) is 13.8. The molecule has 0 radical (unpaired) electrons. The molecule has 0 saturated carbocycles. The molecular weight excluding hydrogens is 510 g/mol. The van der Waals surface area contributed by atoms with Gasteiger partial charge in [0.25, 0.3) is 0 Å². The molecule has 10 nitrogen and oxygen atoms in total. The third kappa shape index (κ3) is 9.52. The molecule has 0 amide bonds. The molecule has 4 atom stereocenters. The van der Waals surface area contributed by atoms with E-state index in [4.69, 9.17) is 9.47 Å². The highest BCUT2D eigenvalue weighted by Crippen LogP contribution is 2.32. The summed E-state index contributed by atoms with van der Waals surface area (Å²) in [6.07, 6.45) is 19.4. The van der Waals surface area contributed by atoms with Crippen molar-refractivity contribution in [1.29, 1.82) is 0 Å². The van der Waals surface area contributed by atoms with Gasteiger partial charge in [0.15, 0.2) is 23.2 Å². The van der Waals surface area contributed by atoms with Crippen LogP contribution < -0.4 is 4.90 Å². The number of ether oxygens (including phenoxy) is 2. The predicted molar refractivity (Wildman–Crippen MR) is 156 cm³/mol. The van der Waals surface area contributed by atoms with Crippen molar-refractivity contribution in [3.8, 4) is 0 Å². The van der Waals surface area contributed by atoms with Gasteiger partial charge in [-0.05, 0) is 32.1 Å². The fourth-order valence-electron chi connectivity index (χ4n) is 5.04. The molecule has 40 heavy (non-hydrogen) atoms. The number of hydrogen-bond acceptors (Lipinski definition) is 9. The van der Waals surface area contributed by atoms with Crippen LogP contribution in [0, 0.1) is 0 Å². The molecule has 2 aromatic heterocycles. The molecule has 3 heterocycles. The van der Waals surface area contributed by atoms with Crippen molar-refractivity contribution in [2.75, 3.05) is 25.6 Å². The molecule has 1 fully saturated rings. The lowest BCUT2D eigenvalue weighted by Crippen LogP contribution is -2.34. The molecule has 2 aromatic rings. The third-order valence-corrected chi connectivity index (χ3v) is 7.43. The molecule has 1 saturated heterocycles. The van der Waals surface area contributed by atoms with E-state index in [1.54, 1.807) is 4.57 Å². The molecule has 3 rings (SSSR count). The monoisotopic (exact) mass is 559 g/mol. The van der Waals surface area contributed by atoms with Crippen LogP contribution in [0.5, 0.6) is 0 Å². The van der Waals surface area contributed by atoms with Crippen LogP contribution in [0.25, 0.3) is 11.2 Å². The minimum absolute atomic E-state index is 0.122. The van der Waals surface area contributed by atoms with E-state index in [1.807, 2.05) is 19.0 Å². The van der Waals surface area contributed by atoms with Gasteiger partial charge in [-0.25, -0.2) is 15.0 Å². The number of carbonyl (C=O) groups excluding carboxylic acids is 1. The van der Waals surface area contributed by atoms with E-state index < -0.39 is 24.5 Å². The Labute approximate surface area is 238 Å². The summed E-state index contributed by atoms with van der Waals surface area (Å²) in [5, 5.41) is 21.2. The standard InChI is InChI=1S/C30H49N5O5/c1-4-5-6-7-8-9-10-11-12-13-14-15-16-17-18-19-24(36)39-20-23-26(37)27(38)30(40-23)35-22-33-25-28(34(2)3)31-21-32-29(25)35/h11-12,21-23,26-27,30,37-38H,4-10,13-20H2,1-3H3/b12-11-/t23-,26-,27-,30-/m1/s1. The summed E-state index contributed by atoms with van der Waals surface area (Å²) in [6, 6.07) is 0. The highest BCUT2D eigenvalue weighted by atomic mass is 16.6. The highest BCUT2D eigenvalue weighted by molar-refractivity contribution is 5.83. The number of aromatic nitrogens is 4. The number of anilines is 1. The van der Waals surface area contributed by atoms with Crippen LogP contribution in [0.4, 0.5) is 5.82 Å². The van der Waals surface area contributed by atoms with Gasteiger partial charge in [-0.2, -0.15) is 0 Å². The summed E-state index contributed by atoms with van der Waals surface area (Å²) < 4.78 is 12.8. The zero-order chi connectivity index (χ0) is 28.7. The quantitative estimate of drug-likeness (QED) is 0.138. The van der Waals surface area contributed by atoms with Gasteiger partial charge in [0.1, 0.15) is 31.2 Å². The number of aliphatic hydroxyl groups excluding tert-OH is 2. The summed E-state index contributed by atoms with van der Waals surface area (Å²) in [6.45, 7) is 2.13. The number of rotatable bonds is 19. The Balaban J connectivity index is 1.27. The van der Waals surface area contributed by atoms with Crippen LogP contribution in [-0.2, 0) is 14.3 Å². The zero-order valence-electron chi connectivity index (χ0n) is 24.6. The van der Waals surface area contributed by atoms with Crippen LogP contribution in [-0.4, -0.2) is 74.7 Å². The molecule has 0 aromatic carbocycles. The maximum atomic E-state index is 12.2. The van der Waals surface area contributed by atoms with E-state index in [2.05, 4.69) is 34.0 Å². The Morgan fingerprint density at radius 1 is 0.950 bits per heavy atom. The van der Waals surface area contributed by atoms with Crippen molar-refractivity contribution >= 4 is 23.0 Å². The van der Waals surface area contributed by atoms with Crippen molar-refractivity contribution in [3.63, 3.8) is 0 Å². The van der Waals surface area contributed by atoms with Crippen molar-refractivity contribution in [3.05, 3.63) is 24.8 Å². The molecular formula is C30H49N5O5.